The lowest BCUT2D eigenvalue weighted by atomic mass is 10.0. The van der Waals surface area contributed by atoms with Crippen molar-refractivity contribution in [3.05, 3.63) is 83.7 Å². The summed E-state index contributed by atoms with van der Waals surface area (Å²) in [4.78, 5) is 16.5. The SMILES string of the molecule is COc1cc(/C=C2\C(=O)Nc3ccccc32)ccc1OCc1ccccn1. The highest BCUT2D eigenvalue weighted by atomic mass is 16.5. The molecule has 1 N–H and O–H groups in total. The van der Waals surface area contributed by atoms with Crippen molar-refractivity contribution < 1.29 is 14.3 Å². The summed E-state index contributed by atoms with van der Waals surface area (Å²) in [7, 11) is 1.59. The van der Waals surface area contributed by atoms with Crippen LogP contribution in [0.5, 0.6) is 11.5 Å². The van der Waals surface area contributed by atoms with E-state index in [1.54, 1.807) is 13.3 Å². The Morgan fingerprint density at radius 2 is 1.89 bits per heavy atom. The molecule has 1 amide bonds. The van der Waals surface area contributed by atoms with Gasteiger partial charge in [0.05, 0.1) is 12.8 Å². The van der Waals surface area contributed by atoms with Crippen LogP contribution in [0.3, 0.4) is 0 Å². The number of benzene rings is 2. The monoisotopic (exact) mass is 358 g/mol. The van der Waals surface area contributed by atoms with Crippen molar-refractivity contribution in [2.75, 3.05) is 12.4 Å². The summed E-state index contributed by atoms with van der Waals surface area (Å²) < 4.78 is 11.3. The van der Waals surface area contributed by atoms with E-state index in [1.807, 2.05) is 66.7 Å². The topological polar surface area (TPSA) is 60.5 Å². The Hall–Kier alpha value is -3.60. The number of carbonyl (C=O) groups is 1. The third kappa shape index (κ3) is 3.53. The number of nitrogens with one attached hydrogen (secondary N) is 1. The number of carbonyl (C=O) groups excluding carboxylic acids is 1. The quantitative estimate of drug-likeness (QED) is 0.696. The van der Waals surface area contributed by atoms with Gasteiger partial charge < -0.3 is 14.8 Å². The van der Waals surface area contributed by atoms with E-state index in [9.17, 15) is 4.79 Å². The fraction of sp³-hybridized carbons (Fsp3) is 0.0909. The standard InChI is InChI=1S/C22H18N2O3/c1-26-21-13-15(9-10-20(21)27-14-16-6-4-5-11-23-16)12-18-17-7-2-3-8-19(17)24-22(18)25/h2-13H,14H2,1H3,(H,24,25)/b18-12-. The lowest BCUT2D eigenvalue weighted by molar-refractivity contribution is -0.110. The fourth-order valence-electron chi connectivity index (χ4n) is 2.98. The van der Waals surface area contributed by atoms with Crippen LogP contribution in [-0.2, 0) is 11.4 Å². The predicted octanol–water partition coefficient (Wildman–Crippen LogP) is 4.16. The van der Waals surface area contributed by atoms with Gasteiger partial charge in [-0.05, 0) is 42.0 Å². The molecule has 5 nitrogen and oxygen atoms in total. The van der Waals surface area contributed by atoms with Crippen LogP contribution in [0.25, 0.3) is 11.6 Å². The number of para-hydroxylation sites is 1. The fourth-order valence-corrected chi connectivity index (χ4v) is 2.98. The molecule has 5 heteroatoms. The third-order valence-electron chi connectivity index (χ3n) is 4.31. The molecule has 2 aromatic carbocycles. The molecule has 0 spiro atoms. The Labute approximate surface area is 157 Å². The second-order valence-electron chi connectivity index (χ2n) is 6.08. The molecule has 27 heavy (non-hydrogen) atoms. The van der Waals surface area contributed by atoms with E-state index in [0.29, 0.717) is 23.7 Å². The molecule has 0 saturated heterocycles. The Kier molecular flexibility index (Phi) is 4.58. The van der Waals surface area contributed by atoms with Crippen LogP contribution in [0.2, 0.25) is 0 Å². The van der Waals surface area contributed by atoms with Crippen molar-refractivity contribution in [3.8, 4) is 11.5 Å². The first kappa shape index (κ1) is 16.8. The molecule has 1 aliphatic rings. The molecule has 4 rings (SSSR count). The number of hydrogen-bond acceptors (Lipinski definition) is 4. The van der Waals surface area contributed by atoms with Gasteiger partial charge >= 0.3 is 0 Å². The van der Waals surface area contributed by atoms with Crippen LogP contribution >= 0.6 is 0 Å². The van der Waals surface area contributed by atoms with E-state index in [0.717, 1.165) is 22.5 Å². The van der Waals surface area contributed by atoms with E-state index in [1.165, 1.54) is 0 Å². The van der Waals surface area contributed by atoms with Crippen LogP contribution in [0.1, 0.15) is 16.8 Å². The average Bonchev–Trinajstić information content (AvgIpc) is 3.03. The smallest absolute Gasteiger partial charge is 0.256 e. The third-order valence-corrected chi connectivity index (χ3v) is 4.31. The zero-order valence-electron chi connectivity index (χ0n) is 14.8. The van der Waals surface area contributed by atoms with Gasteiger partial charge in [-0.1, -0.05) is 30.3 Å². The van der Waals surface area contributed by atoms with Crippen molar-refractivity contribution in [2.45, 2.75) is 6.61 Å². The van der Waals surface area contributed by atoms with Gasteiger partial charge in [-0.3, -0.25) is 9.78 Å². The van der Waals surface area contributed by atoms with Crippen molar-refractivity contribution in [1.82, 2.24) is 4.98 Å². The minimum Gasteiger partial charge on any atom is -0.493 e. The molecule has 0 atom stereocenters. The van der Waals surface area contributed by atoms with Crippen LogP contribution in [0.4, 0.5) is 5.69 Å². The number of rotatable bonds is 5. The van der Waals surface area contributed by atoms with Gasteiger partial charge in [0.15, 0.2) is 11.5 Å². The average molecular weight is 358 g/mol. The first-order valence-corrected chi connectivity index (χ1v) is 8.58. The van der Waals surface area contributed by atoms with Crippen molar-refractivity contribution in [3.63, 3.8) is 0 Å². The number of ether oxygens (including phenoxy) is 2. The summed E-state index contributed by atoms with van der Waals surface area (Å²) in [6.45, 7) is 0.355. The lowest BCUT2D eigenvalue weighted by Crippen LogP contribution is -2.03. The Balaban J connectivity index is 1.59. The molecule has 0 bridgehead atoms. The van der Waals surface area contributed by atoms with Gasteiger partial charge in [-0.15, -0.1) is 0 Å². The highest BCUT2D eigenvalue weighted by Crippen LogP contribution is 2.34. The number of amides is 1. The normalized spacial score (nSPS) is 14.0. The van der Waals surface area contributed by atoms with Crippen LogP contribution in [0.15, 0.2) is 66.9 Å². The summed E-state index contributed by atoms with van der Waals surface area (Å²) in [6.07, 6.45) is 3.59. The van der Waals surface area contributed by atoms with Crippen molar-refractivity contribution in [2.24, 2.45) is 0 Å². The zero-order valence-corrected chi connectivity index (χ0v) is 14.8. The number of nitrogens with zero attached hydrogens (tertiary/aromatic N) is 1. The summed E-state index contributed by atoms with van der Waals surface area (Å²) in [6, 6.07) is 18.9. The maximum absolute atomic E-state index is 12.3. The zero-order chi connectivity index (χ0) is 18.6. The second kappa shape index (κ2) is 7.33. The van der Waals surface area contributed by atoms with E-state index < -0.39 is 0 Å². The van der Waals surface area contributed by atoms with Gasteiger partial charge in [0.1, 0.15) is 6.61 Å². The molecule has 0 saturated carbocycles. The summed E-state index contributed by atoms with van der Waals surface area (Å²) in [5.74, 6) is 1.12. The van der Waals surface area contributed by atoms with Crippen LogP contribution < -0.4 is 14.8 Å². The molecule has 134 valence electrons. The number of hydrogen-bond donors (Lipinski definition) is 1. The van der Waals surface area contributed by atoms with Crippen LogP contribution in [-0.4, -0.2) is 18.0 Å². The molecule has 1 aromatic heterocycles. The number of fused-ring (bicyclic) bond motifs is 1. The molecule has 2 heterocycles. The van der Waals surface area contributed by atoms with Gasteiger partial charge in [0.25, 0.3) is 5.91 Å². The summed E-state index contributed by atoms with van der Waals surface area (Å²) in [5, 5.41) is 2.88. The maximum atomic E-state index is 12.3. The summed E-state index contributed by atoms with van der Waals surface area (Å²) in [5.41, 5.74) is 4.06. The maximum Gasteiger partial charge on any atom is 0.256 e. The highest BCUT2D eigenvalue weighted by molar-refractivity contribution is 6.34. The molecule has 0 unspecified atom stereocenters. The predicted molar refractivity (Wildman–Crippen MR) is 105 cm³/mol. The van der Waals surface area contributed by atoms with Crippen molar-refractivity contribution >= 4 is 23.2 Å². The Morgan fingerprint density at radius 3 is 2.70 bits per heavy atom. The Morgan fingerprint density at radius 1 is 1.04 bits per heavy atom. The van der Waals surface area contributed by atoms with Gasteiger partial charge in [0.2, 0.25) is 0 Å². The molecule has 0 fully saturated rings. The molecular weight excluding hydrogens is 340 g/mol. The van der Waals surface area contributed by atoms with Gasteiger partial charge in [-0.2, -0.15) is 0 Å². The Bertz CT molecular complexity index is 1010. The highest BCUT2D eigenvalue weighted by Gasteiger charge is 2.23. The molecule has 3 aromatic rings. The van der Waals surface area contributed by atoms with Gasteiger partial charge in [0, 0.05) is 23.0 Å². The number of pyridine rings is 1. The lowest BCUT2D eigenvalue weighted by Gasteiger charge is -2.11. The second-order valence-corrected chi connectivity index (χ2v) is 6.08. The van der Waals surface area contributed by atoms with Gasteiger partial charge in [-0.25, -0.2) is 0 Å². The number of methoxy groups -OCH3 is 1. The van der Waals surface area contributed by atoms with E-state index in [-0.39, 0.29) is 5.91 Å². The molecule has 0 aliphatic carbocycles. The summed E-state index contributed by atoms with van der Waals surface area (Å²) >= 11 is 0. The minimum absolute atomic E-state index is 0.106. The number of anilines is 1. The first-order valence-electron chi connectivity index (χ1n) is 8.58. The number of aromatic nitrogens is 1. The first-order chi connectivity index (χ1) is 13.2. The van der Waals surface area contributed by atoms with Crippen molar-refractivity contribution in [1.29, 1.82) is 0 Å². The van der Waals surface area contributed by atoms with E-state index >= 15 is 0 Å². The van der Waals surface area contributed by atoms with Crippen LogP contribution in [0, 0.1) is 0 Å². The molecule has 0 radical (unpaired) electrons. The largest absolute Gasteiger partial charge is 0.493 e. The van der Waals surface area contributed by atoms with E-state index in [2.05, 4.69) is 10.3 Å². The molecule has 1 aliphatic heterocycles. The minimum atomic E-state index is -0.106. The van der Waals surface area contributed by atoms with E-state index in [4.69, 9.17) is 9.47 Å². The molecular formula is C22H18N2O3.